The highest BCUT2D eigenvalue weighted by Gasteiger charge is 2.14. The Bertz CT molecular complexity index is 1150. The molecule has 7 nitrogen and oxygen atoms in total. The van der Waals surface area contributed by atoms with E-state index in [9.17, 15) is 4.79 Å². The molecular formula is C15H11ClN6OS. The molecule has 0 fully saturated rings. The Balaban J connectivity index is 2.01. The van der Waals surface area contributed by atoms with Gasteiger partial charge in [0.05, 0.1) is 10.7 Å². The van der Waals surface area contributed by atoms with Gasteiger partial charge in [-0.05, 0) is 36.9 Å². The molecule has 9 heteroatoms. The van der Waals surface area contributed by atoms with Gasteiger partial charge in [-0.25, -0.2) is 0 Å². The van der Waals surface area contributed by atoms with Gasteiger partial charge < -0.3 is 0 Å². The van der Waals surface area contributed by atoms with Crippen LogP contribution in [-0.4, -0.2) is 35.6 Å². The molecule has 0 aliphatic rings. The van der Waals surface area contributed by atoms with E-state index in [-0.39, 0.29) is 11.1 Å². The molecule has 0 saturated heterocycles. The predicted molar refractivity (Wildman–Crippen MR) is 93.2 cm³/mol. The Hall–Kier alpha value is -2.45. The highest BCUT2D eigenvalue weighted by atomic mass is 35.5. The highest BCUT2D eigenvalue weighted by Crippen LogP contribution is 2.21. The second-order valence-electron chi connectivity index (χ2n) is 5.19. The second kappa shape index (κ2) is 5.57. The van der Waals surface area contributed by atoms with E-state index in [1.165, 1.54) is 20.8 Å². The fraction of sp³-hybridized carbons (Fsp3) is 0.133. The number of benzene rings is 1. The lowest BCUT2D eigenvalue weighted by molar-refractivity contribution is 0.885. The number of aryl methyl sites for hydroxylation is 1. The molecule has 4 rings (SSSR count). The van der Waals surface area contributed by atoms with Crippen LogP contribution in [0.4, 0.5) is 0 Å². The average Bonchev–Trinajstić information content (AvgIpc) is 2.99. The number of hydrogen-bond donors (Lipinski definition) is 0. The summed E-state index contributed by atoms with van der Waals surface area (Å²) in [5.74, 6) is 0.359. The van der Waals surface area contributed by atoms with E-state index in [2.05, 4.69) is 20.3 Å². The summed E-state index contributed by atoms with van der Waals surface area (Å²) < 4.78 is 2.98. The van der Waals surface area contributed by atoms with Gasteiger partial charge in [0.25, 0.3) is 11.3 Å². The van der Waals surface area contributed by atoms with Crippen LogP contribution in [0.1, 0.15) is 5.56 Å². The topological polar surface area (TPSA) is 78.0 Å². The largest absolute Gasteiger partial charge is 0.285 e. The van der Waals surface area contributed by atoms with Crippen molar-refractivity contribution in [3.05, 3.63) is 51.4 Å². The number of fused-ring (bicyclic) bond motifs is 3. The van der Waals surface area contributed by atoms with Crippen molar-refractivity contribution in [1.29, 1.82) is 0 Å². The molecule has 0 bridgehead atoms. The molecule has 3 heterocycles. The maximum absolute atomic E-state index is 12.8. The van der Waals surface area contributed by atoms with Crippen LogP contribution >= 0.6 is 23.4 Å². The first kappa shape index (κ1) is 15.1. The molecule has 24 heavy (non-hydrogen) atoms. The van der Waals surface area contributed by atoms with E-state index in [1.54, 1.807) is 18.3 Å². The second-order valence-corrected chi connectivity index (χ2v) is 6.37. The van der Waals surface area contributed by atoms with Crippen LogP contribution in [0.25, 0.3) is 22.5 Å². The summed E-state index contributed by atoms with van der Waals surface area (Å²) in [6.45, 7) is 1.94. The van der Waals surface area contributed by atoms with E-state index in [1.807, 2.05) is 25.3 Å². The summed E-state index contributed by atoms with van der Waals surface area (Å²) >= 11 is 7.68. The zero-order valence-corrected chi connectivity index (χ0v) is 14.3. The van der Waals surface area contributed by atoms with Crippen LogP contribution in [0.5, 0.6) is 0 Å². The normalized spacial score (nSPS) is 11.5. The Kier molecular flexibility index (Phi) is 3.50. The van der Waals surface area contributed by atoms with Crippen molar-refractivity contribution in [2.75, 3.05) is 6.26 Å². The van der Waals surface area contributed by atoms with Gasteiger partial charge in [0.2, 0.25) is 5.16 Å². The number of thioether (sulfide) groups is 1. The minimum Gasteiger partial charge on any atom is -0.281 e. The number of pyridine rings is 1. The predicted octanol–water partition coefficient (Wildman–Crippen LogP) is 2.51. The number of hydrogen-bond acceptors (Lipinski definition) is 6. The van der Waals surface area contributed by atoms with Crippen LogP contribution in [0, 0.1) is 6.92 Å². The molecule has 0 saturated carbocycles. The molecule has 120 valence electrons. The van der Waals surface area contributed by atoms with Crippen molar-refractivity contribution < 1.29 is 0 Å². The molecular weight excluding hydrogens is 348 g/mol. The number of rotatable bonds is 2. The van der Waals surface area contributed by atoms with Crippen molar-refractivity contribution in [1.82, 2.24) is 29.4 Å². The quantitative estimate of drug-likeness (QED) is 0.512. The lowest BCUT2D eigenvalue weighted by Crippen LogP contribution is -2.20. The Morgan fingerprint density at radius 1 is 1.21 bits per heavy atom. The van der Waals surface area contributed by atoms with Crippen molar-refractivity contribution in [3.8, 4) is 5.69 Å². The van der Waals surface area contributed by atoms with E-state index in [0.29, 0.717) is 27.2 Å². The Morgan fingerprint density at radius 2 is 2.04 bits per heavy atom. The molecule has 0 unspecified atom stereocenters. The molecule has 0 aliphatic heterocycles. The van der Waals surface area contributed by atoms with Gasteiger partial charge in [0.15, 0.2) is 5.52 Å². The number of nitrogens with zero attached hydrogens (tertiary/aromatic N) is 6. The average molecular weight is 359 g/mol. The van der Waals surface area contributed by atoms with Gasteiger partial charge >= 0.3 is 0 Å². The van der Waals surface area contributed by atoms with Gasteiger partial charge in [-0.2, -0.15) is 9.50 Å². The van der Waals surface area contributed by atoms with Gasteiger partial charge in [-0.1, -0.05) is 29.4 Å². The summed E-state index contributed by atoms with van der Waals surface area (Å²) in [4.78, 5) is 17.0. The lowest BCUT2D eigenvalue weighted by atomic mass is 10.2. The fourth-order valence-electron chi connectivity index (χ4n) is 2.47. The highest BCUT2D eigenvalue weighted by molar-refractivity contribution is 7.98. The smallest absolute Gasteiger partial charge is 0.281 e. The summed E-state index contributed by atoms with van der Waals surface area (Å²) in [7, 11) is 0. The summed E-state index contributed by atoms with van der Waals surface area (Å²) in [6.07, 6.45) is 3.53. The SMILES string of the molecule is CSc1nc2nnc3c(=O)n(-c4ccc(C)cc4Cl)ccc3n2n1. The van der Waals surface area contributed by atoms with Crippen molar-refractivity contribution in [2.45, 2.75) is 12.1 Å². The van der Waals surface area contributed by atoms with E-state index in [4.69, 9.17) is 11.6 Å². The van der Waals surface area contributed by atoms with Crippen molar-refractivity contribution >= 4 is 40.2 Å². The zero-order valence-electron chi connectivity index (χ0n) is 12.8. The first-order valence-corrected chi connectivity index (χ1v) is 8.64. The van der Waals surface area contributed by atoms with Crippen LogP contribution in [0.15, 0.2) is 40.4 Å². The van der Waals surface area contributed by atoms with Gasteiger partial charge in [0.1, 0.15) is 5.52 Å². The third kappa shape index (κ3) is 2.26. The molecule has 0 radical (unpaired) electrons. The fourth-order valence-corrected chi connectivity index (χ4v) is 3.13. The maximum atomic E-state index is 12.8. The minimum atomic E-state index is -0.311. The first-order chi connectivity index (χ1) is 11.6. The van der Waals surface area contributed by atoms with E-state index in [0.717, 1.165) is 5.56 Å². The van der Waals surface area contributed by atoms with Crippen LogP contribution < -0.4 is 5.56 Å². The molecule has 0 aliphatic carbocycles. The van der Waals surface area contributed by atoms with Gasteiger partial charge in [-0.3, -0.25) is 9.36 Å². The zero-order chi connectivity index (χ0) is 16.8. The lowest BCUT2D eigenvalue weighted by Gasteiger charge is -2.09. The monoisotopic (exact) mass is 358 g/mol. The van der Waals surface area contributed by atoms with Crippen molar-refractivity contribution in [2.24, 2.45) is 0 Å². The van der Waals surface area contributed by atoms with Crippen molar-refractivity contribution in [3.63, 3.8) is 0 Å². The van der Waals surface area contributed by atoms with E-state index >= 15 is 0 Å². The van der Waals surface area contributed by atoms with E-state index < -0.39 is 0 Å². The Morgan fingerprint density at radius 3 is 2.79 bits per heavy atom. The summed E-state index contributed by atoms with van der Waals surface area (Å²) in [5.41, 5.74) is 2.07. The van der Waals surface area contributed by atoms with Gasteiger partial charge in [-0.15, -0.1) is 15.3 Å². The minimum absolute atomic E-state index is 0.208. The Labute approximate surface area is 145 Å². The number of aromatic nitrogens is 6. The maximum Gasteiger partial charge on any atom is 0.285 e. The molecule has 4 aromatic rings. The molecule has 0 N–H and O–H groups in total. The standard InChI is InChI=1S/C15H11ClN6OS/c1-8-3-4-10(9(16)7-8)21-6-5-11-12(13(21)23)18-19-14-17-15(24-2)20-22(11)14/h3-7H,1-2H3. The summed E-state index contributed by atoms with van der Waals surface area (Å²) in [6, 6.07) is 7.27. The third-order valence-corrected chi connectivity index (χ3v) is 4.47. The van der Waals surface area contributed by atoms with Crippen LogP contribution in [-0.2, 0) is 0 Å². The first-order valence-electron chi connectivity index (χ1n) is 7.04. The third-order valence-electron chi connectivity index (χ3n) is 3.63. The van der Waals surface area contributed by atoms with Crippen LogP contribution in [0.3, 0.4) is 0 Å². The molecule has 0 spiro atoms. The summed E-state index contributed by atoms with van der Waals surface area (Å²) in [5, 5.41) is 13.4. The molecule has 3 aromatic heterocycles. The van der Waals surface area contributed by atoms with Gasteiger partial charge in [0, 0.05) is 6.20 Å². The molecule has 0 atom stereocenters. The van der Waals surface area contributed by atoms with Crippen LogP contribution in [0.2, 0.25) is 5.02 Å². The number of halogens is 1. The molecule has 0 amide bonds. The molecule has 1 aromatic carbocycles.